The average molecular weight is 289 g/mol. The minimum Gasteiger partial charge on any atom is -0.359 e. The van der Waals surface area contributed by atoms with E-state index < -0.39 is 8.07 Å². The Labute approximate surface area is 124 Å². The molecule has 0 N–H and O–H groups in total. The van der Waals surface area contributed by atoms with E-state index >= 15 is 0 Å². The van der Waals surface area contributed by atoms with E-state index in [4.69, 9.17) is 4.74 Å². The van der Waals surface area contributed by atoms with Gasteiger partial charge in [0.15, 0.2) is 0 Å². The van der Waals surface area contributed by atoms with Gasteiger partial charge < -0.3 is 4.74 Å². The number of unbranched alkanes of at least 4 members (excludes halogenated alkanes) is 2. The molecule has 0 amide bonds. The Morgan fingerprint density at radius 2 is 1.80 bits per heavy atom. The number of rotatable bonds is 8. The molecule has 0 aliphatic heterocycles. The summed E-state index contributed by atoms with van der Waals surface area (Å²) in [7, 11) is -1.53. The molecule has 2 nitrogen and oxygen atoms in total. The van der Waals surface area contributed by atoms with Gasteiger partial charge >= 0.3 is 0 Å². The van der Waals surface area contributed by atoms with Crippen LogP contribution in [0.3, 0.4) is 0 Å². The van der Waals surface area contributed by atoms with Gasteiger partial charge in [0.25, 0.3) is 0 Å². The van der Waals surface area contributed by atoms with Crippen LogP contribution in [0.2, 0.25) is 19.6 Å². The topological polar surface area (TPSA) is 33.0 Å². The molecular formula is C17H27NOSi. The van der Waals surface area contributed by atoms with Gasteiger partial charge in [-0.25, -0.2) is 0 Å². The van der Waals surface area contributed by atoms with Crippen LogP contribution in [0.5, 0.6) is 0 Å². The zero-order valence-electron chi connectivity index (χ0n) is 13.2. The van der Waals surface area contributed by atoms with Gasteiger partial charge in [0, 0.05) is 0 Å². The molecule has 2 atom stereocenters. The molecule has 0 spiro atoms. The fourth-order valence-corrected chi connectivity index (χ4v) is 4.08. The van der Waals surface area contributed by atoms with Crippen LogP contribution in [0.25, 0.3) is 0 Å². The lowest BCUT2D eigenvalue weighted by Gasteiger charge is -2.31. The van der Waals surface area contributed by atoms with E-state index in [1.165, 1.54) is 18.4 Å². The van der Waals surface area contributed by atoms with Crippen LogP contribution < -0.4 is 0 Å². The van der Waals surface area contributed by atoms with Gasteiger partial charge in [-0.15, -0.1) is 0 Å². The van der Waals surface area contributed by atoms with Crippen molar-refractivity contribution < 1.29 is 4.74 Å². The van der Waals surface area contributed by atoms with Crippen molar-refractivity contribution in [1.82, 2.24) is 0 Å². The maximum absolute atomic E-state index is 9.33. The van der Waals surface area contributed by atoms with Crippen molar-refractivity contribution >= 4 is 8.07 Å². The summed E-state index contributed by atoms with van der Waals surface area (Å²) >= 11 is 0. The largest absolute Gasteiger partial charge is 0.359 e. The summed E-state index contributed by atoms with van der Waals surface area (Å²) < 4.78 is 6.20. The smallest absolute Gasteiger partial charge is 0.144 e. The predicted molar refractivity (Wildman–Crippen MR) is 87.2 cm³/mol. The molecule has 0 heterocycles. The highest BCUT2D eigenvalue weighted by molar-refractivity contribution is 6.77. The Balaban J connectivity index is 2.78. The van der Waals surface area contributed by atoms with Gasteiger partial charge in [-0.1, -0.05) is 69.7 Å². The minimum atomic E-state index is -1.53. The Morgan fingerprint density at radius 1 is 1.15 bits per heavy atom. The van der Waals surface area contributed by atoms with Gasteiger partial charge in [-0.3, -0.25) is 0 Å². The molecule has 1 aromatic rings. The van der Waals surface area contributed by atoms with Crippen LogP contribution in [-0.2, 0) is 4.74 Å². The molecule has 2 unspecified atom stereocenters. The van der Waals surface area contributed by atoms with Crippen molar-refractivity contribution in [2.75, 3.05) is 0 Å². The van der Waals surface area contributed by atoms with Crippen LogP contribution in [0, 0.1) is 11.3 Å². The first-order valence-corrected chi connectivity index (χ1v) is 11.2. The van der Waals surface area contributed by atoms with E-state index in [1.807, 2.05) is 18.2 Å². The summed E-state index contributed by atoms with van der Waals surface area (Å²) in [6.45, 7) is 9.07. The Morgan fingerprint density at radius 3 is 2.30 bits per heavy atom. The Bertz CT molecular complexity index is 419. The second-order valence-corrected chi connectivity index (χ2v) is 11.7. The van der Waals surface area contributed by atoms with E-state index in [1.54, 1.807) is 0 Å². The van der Waals surface area contributed by atoms with Crippen LogP contribution in [0.1, 0.15) is 43.9 Å². The van der Waals surface area contributed by atoms with Gasteiger partial charge in [0.05, 0.1) is 19.9 Å². The Kier molecular flexibility index (Phi) is 6.98. The molecule has 110 valence electrons. The summed E-state index contributed by atoms with van der Waals surface area (Å²) in [6, 6.07) is 12.7. The maximum atomic E-state index is 9.33. The number of nitrogens with zero attached hydrogens (tertiary/aromatic N) is 1. The van der Waals surface area contributed by atoms with Crippen molar-refractivity contribution in [3.05, 3.63) is 35.9 Å². The first-order valence-electron chi connectivity index (χ1n) is 7.59. The molecule has 3 heteroatoms. The lowest BCUT2D eigenvalue weighted by molar-refractivity contribution is 0.0517. The second kappa shape index (κ2) is 8.24. The molecular weight excluding hydrogens is 262 g/mol. The highest BCUT2D eigenvalue weighted by Crippen LogP contribution is 2.30. The molecule has 20 heavy (non-hydrogen) atoms. The quantitative estimate of drug-likeness (QED) is 0.493. The molecule has 0 saturated carbocycles. The number of hydrogen-bond donors (Lipinski definition) is 0. The van der Waals surface area contributed by atoms with Gasteiger partial charge in [0.1, 0.15) is 6.10 Å². The molecule has 0 aromatic heterocycles. The predicted octanol–water partition coefficient (Wildman–Crippen LogP) is 5.09. The lowest BCUT2D eigenvalue weighted by atomic mass is 10.1. The highest BCUT2D eigenvalue weighted by Gasteiger charge is 2.31. The molecule has 0 aliphatic rings. The third-order valence-corrected chi connectivity index (χ3v) is 5.45. The first kappa shape index (κ1) is 16.9. The highest BCUT2D eigenvalue weighted by atomic mass is 28.3. The van der Waals surface area contributed by atoms with Crippen molar-refractivity contribution in [3.8, 4) is 6.07 Å². The van der Waals surface area contributed by atoms with Gasteiger partial charge in [0.2, 0.25) is 0 Å². The van der Waals surface area contributed by atoms with Crippen molar-refractivity contribution in [2.24, 2.45) is 0 Å². The van der Waals surface area contributed by atoms with Crippen molar-refractivity contribution in [1.29, 1.82) is 5.26 Å². The summed E-state index contributed by atoms with van der Waals surface area (Å²) in [5.74, 6) is 0. The third-order valence-electron chi connectivity index (χ3n) is 3.40. The number of ether oxygens (including phenoxy) is 1. The normalized spacial score (nSPS) is 14.6. The second-order valence-electron chi connectivity index (χ2n) is 6.41. The summed E-state index contributed by atoms with van der Waals surface area (Å²) in [5, 5.41) is 9.33. The SMILES string of the molecule is CCCCCC(C#N)OC(c1ccccc1)[Si](C)(C)C. The molecule has 0 aliphatic carbocycles. The van der Waals surface area contributed by atoms with E-state index in [9.17, 15) is 5.26 Å². The van der Waals surface area contributed by atoms with E-state index in [0.29, 0.717) is 0 Å². The van der Waals surface area contributed by atoms with Gasteiger partial charge in [-0.05, 0) is 18.4 Å². The number of nitriles is 1. The average Bonchev–Trinajstić information content (AvgIpc) is 2.42. The fraction of sp³-hybridized carbons (Fsp3) is 0.588. The van der Waals surface area contributed by atoms with Crippen LogP contribution in [-0.4, -0.2) is 14.2 Å². The van der Waals surface area contributed by atoms with E-state index in [2.05, 4.69) is 44.8 Å². The summed E-state index contributed by atoms with van der Waals surface area (Å²) in [5.41, 5.74) is 1.30. The molecule has 0 fully saturated rings. The number of benzene rings is 1. The molecule has 0 saturated heterocycles. The first-order chi connectivity index (χ1) is 9.49. The van der Waals surface area contributed by atoms with E-state index in [0.717, 1.165) is 12.8 Å². The van der Waals surface area contributed by atoms with Gasteiger partial charge in [-0.2, -0.15) is 5.26 Å². The summed E-state index contributed by atoms with van der Waals surface area (Å²) in [4.78, 5) is 0. The molecule has 0 radical (unpaired) electrons. The van der Waals surface area contributed by atoms with E-state index in [-0.39, 0.29) is 11.8 Å². The zero-order chi connectivity index (χ0) is 15.0. The summed E-state index contributed by atoms with van der Waals surface area (Å²) in [6.07, 6.45) is 3.98. The molecule has 0 bridgehead atoms. The van der Waals surface area contributed by atoms with Crippen molar-refractivity contribution in [3.63, 3.8) is 0 Å². The Hall–Kier alpha value is -1.11. The third kappa shape index (κ3) is 5.48. The number of hydrogen-bond acceptors (Lipinski definition) is 2. The minimum absolute atomic E-state index is 0.0926. The maximum Gasteiger partial charge on any atom is 0.144 e. The zero-order valence-corrected chi connectivity index (χ0v) is 14.2. The standard InChI is InChI=1S/C17H27NOSi/c1-5-6-8-13-16(14-18)19-17(20(2,3)4)15-11-9-7-10-12-15/h7,9-12,16-17H,5-6,8,13H2,1-4H3. The van der Waals surface area contributed by atoms with Crippen LogP contribution in [0.4, 0.5) is 0 Å². The van der Waals surface area contributed by atoms with Crippen molar-refractivity contribution in [2.45, 2.75) is 64.1 Å². The fourth-order valence-electron chi connectivity index (χ4n) is 2.32. The molecule has 1 rings (SSSR count). The monoisotopic (exact) mass is 289 g/mol. The van der Waals surface area contributed by atoms with Crippen LogP contribution >= 0.6 is 0 Å². The lowest BCUT2D eigenvalue weighted by Crippen LogP contribution is -2.35. The molecule has 1 aromatic carbocycles. The van der Waals surface area contributed by atoms with Crippen LogP contribution in [0.15, 0.2) is 30.3 Å².